The third kappa shape index (κ3) is 2.55. The van der Waals surface area contributed by atoms with E-state index in [1.165, 1.54) is 12.3 Å². The fourth-order valence-corrected chi connectivity index (χ4v) is 2.96. The lowest BCUT2D eigenvalue weighted by Crippen LogP contribution is -2.34. The first kappa shape index (κ1) is 13.5. The molecule has 3 rings (SSSR count). The van der Waals surface area contributed by atoms with E-state index in [2.05, 4.69) is 27.2 Å². The normalized spacial score (nSPS) is 22.9. The average molecular weight is 295 g/mol. The predicted molar refractivity (Wildman–Crippen MR) is 76.2 cm³/mol. The number of nitrogens with one attached hydrogen (secondary N) is 2. The number of piperidine rings is 1. The van der Waals surface area contributed by atoms with E-state index in [1.54, 1.807) is 6.07 Å². The maximum atomic E-state index is 12.9. The molecule has 6 heteroatoms. The second kappa shape index (κ2) is 5.50. The SMILES string of the molecule is C[C@@H]1CNCC[C@@H]1c1[nH]c(-c2ccc(F)cn2)nc1Cl. The second-order valence-corrected chi connectivity index (χ2v) is 5.59. The van der Waals surface area contributed by atoms with Crippen LogP contribution in [0.5, 0.6) is 0 Å². The van der Waals surface area contributed by atoms with Crippen LogP contribution in [0.25, 0.3) is 11.5 Å². The van der Waals surface area contributed by atoms with Crippen molar-refractivity contribution in [1.29, 1.82) is 0 Å². The molecule has 0 saturated carbocycles. The Kier molecular flexibility index (Phi) is 3.72. The minimum Gasteiger partial charge on any atom is -0.339 e. The molecule has 0 aliphatic carbocycles. The molecule has 1 fully saturated rings. The number of aromatic nitrogens is 3. The van der Waals surface area contributed by atoms with Crippen molar-refractivity contribution < 1.29 is 4.39 Å². The van der Waals surface area contributed by atoms with E-state index < -0.39 is 0 Å². The number of imidazole rings is 1. The van der Waals surface area contributed by atoms with Crippen molar-refractivity contribution in [1.82, 2.24) is 20.3 Å². The number of rotatable bonds is 2. The predicted octanol–water partition coefficient (Wildman–Crippen LogP) is 2.98. The van der Waals surface area contributed by atoms with Gasteiger partial charge in [-0.2, -0.15) is 0 Å². The molecule has 1 saturated heterocycles. The van der Waals surface area contributed by atoms with Gasteiger partial charge < -0.3 is 10.3 Å². The van der Waals surface area contributed by atoms with Crippen molar-refractivity contribution in [3.05, 3.63) is 35.0 Å². The molecule has 2 aromatic heterocycles. The van der Waals surface area contributed by atoms with Crippen LogP contribution in [-0.2, 0) is 0 Å². The Morgan fingerprint density at radius 1 is 1.40 bits per heavy atom. The minimum atomic E-state index is -0.362. The highest BCUT2D eigenvalue weighted by molar-refractivity contribution is 6.30. The molecular weight excluding hydrogens is 279 g/mol. The molecule has 2 atom stereocenters. The molecule has 2 aromatic rings. The molecule has 0 aromatic carbocycles. The molecule has 0 unspecified atom stereocenters. The summed E-state index contributed by atoms with van der Waals surface area (Å²) in [5.74, 6) is 1.09. The lowest BCUT2D eigenvalue weighted by atomic mass is 9.86. The Morgan fingerprint density at radius 2 is 2.25 bits per heavy atom. The van der Waals surface area contributed by atoms with Gasteiger partial charge in [-0.1, -0.05) is 18.5 Å². The van der Waals surface area contributed by atoms with Crippen LogP contribution < -0.4 is 5.32 Å². The largest absolute Gasteiger partial charge is 0.339 e. The average Bonchev–Trinajstić information content (AvgIpc) is 2.82. The Hall–Kier alpha value is -1.46. The minimum absolute atomic E-state index is 0.362. The molecule has 20 heavy (non-hydrogen) atoms. The zero-order valence-electron chi connectivity index (χ0n) is 11.2. The van der Waals surface area contributed by atoms with E-state index >= 15 is 0 Å². The summed E-state index contributed by atoms with van der Waals surface area (Å²) in [5, 5.41) is 3.86. The van der Waals surface area contributed by atoms with E-state index in [9.17, 15) is 4.39 Å². The van der Waals surface area contributed by atoms with Gasteiger partial charge in [-0.05, 0) is 37.6 Å². The molecule has 0 amide bonds. The summed E-state index contributed by atoms with van der Waals surface area (Å²) in [6, 6.07) is 2.96. The van der Waals surface area contributed by atoms with Gasteiger partial charge in [-0.25, -0.2) is 14.4 Å². The summed E-state index contributed by atoms with van der Waals surface area (Å²) >= 11 is 6.26. The van der Waals surface area contributed by atoms with E-state index in [4.69, 9.17) is 11.6 Å². The van der Waals surface area contributed by atoms with Crippen LogP contribution in [0.3, 0.4) is 0 Å². The number of pyridine rings is 1. The molecule has 0 spiro atoms. The first-order valence-corrected chi connectivity index (χ1v) is 7.11. The Morgan fingerprint density at radius 3 is 2.95 bits per heavy atom. The van der Waals surface area contributed by atoms with Crippen LogP contribution in [0.4, 0.5) is 4.39 Å². The monoisotopic (exact) mass is 294 g/mol. The van der Waals surface area contributed by atoms with Gasteiger partial charge in [0, 0.05) is 5.92 Å². The van der Waals surface area contributed by atoms with Gasteiger partial charge >= 0.3 is 0 Å². The summed E-state index contributed by atoms with van der Waals surface area (Å²) in [5.41, 5.74) is 1.56. The van der Waals surface area contributed by atoms with Crippen molar-refractivity contribution in [2.45, 2.75) is 19.3 Å². The third-order valence-corrected chi connectivity index (χ3v) is 4.10. The molecule has 1 aliphatic rings. The Balaban J connectivity index is 1.92. The number of H-pyrrole nitrogens is 1. The van der Waals surface area contributed by atoms with Gasteiger partial charge in [-0.15, -0.1) is 0 Å². The summed E-state index contributed by atoms with van der Waals surface area (Å²) in [6.45, 7) is 4.16. The fourth-order valence-electron chi connectivity index (χ4n) is 2.69. The zero-order chi connectivity index (χ0) is 14.1. The molecule has 4 nitrogen and oxygen atoms in total. The van der Waals surface area contributed by atoms with Crippen LogP contribution >= 0.6 is 11.6 Å². The highest BCUT2D eigenvalue weighted by Crippen LogP contribution is 2.34. The smallest absolute Gasteiger partial charge is 0.158 e. The highest BCUT2D eigenvalue weighted by Gasteiger charge is 2.27. The lowest BCUT2D eigenvalue weighted by molar-refractivity contribution is 0.345. The zero-order valence-corrected chi connectivity index (χ0v) is 11.9. The maximum absolute atomic E-state index is 12.9. The van der Waals surface area contributed by atoms with Crippen LogP contribution in [-0.4, -0.2) is 28.0 Å². The van der Waals surface area contributed by atoms with Crippen molar-refractivity contribution >= 4 is 11.6 Å². The molecule has 3 heterocycles. The Bertz CT molecular complexity index is 596. The van der Waals surface area contributed by atoms with Gasteiger partial charge in [0.25, 0.3) is 0 Å². The molecule has 0 radical (unpaired) electrons. The number of aromatic amines is 1. The summed E-state index contributed by atoms with van der Waals surface area (Å²) in [7, 11) is 0. The maximum Gasteiger partial charge on any atom is 0.158 e. The fraction of sp³-hybridized carbons (Fsp3) is 0.429. The van der Waals surface area contributed by atoms with Crippen LogP contribution in [0.1, 0.15) is 25.0 Å². The first-order valence-electron chi connectivity index (χ1n) is 6.73. The molecule has 2 N–H and O–H groups in total. The quantitative estimate of drug-likeness (QED) is 0.895. The topological polar surface area (TPSA) is 53.6 Å². The van der Waals surface area contributed by atoms with Crippen molar-refractivity contribution in [3.63, 3.8) is 0 Å². The third-order valence-electron chi connectivity index (χ3n) is 3.81. The van der Waals surface area contributed by atoms with Crippen LogP contribution in [0.15, 0.2) is 18.3 Å². The highest BCUT2D eigenvalue weighted by atomic mass is 35.5. The van der Waals surface area contributed by atoms with Gasteiger partial charge in [-0.3, -0.25) is 0 Å². The van der Waals surface area contributed by atoms with E-state index in [-0.39, 0.29) is 5.82 Å². The first-order chi connectivity index (χ1) is 9.65. The lowest BCUT2D eigenvalue weighted by Gasteiger charge is -2.28. The van der Waals surface area contributed by atoms with E-state index in [0.717, 1.165) is 25.2 Å². The molecular formula is C14H16ClFN4. The van der Waals surface area contributed by atoms with Crippen molar-refractivity contribution in [3.8, 4) is 11.5 Å². The number of hydrogen-bond donors (Lipinski definition) is 2. The second-order valence-electron chi connectivity index (χ2n) is 5.23. The molecule has 1 aliphatic heterocycles. The van der Waals surface area contributed by atoms with Crippen molar-refractivity contribution in [2.24, 2.45) is 5.92 Å². The summed E-state index contributed by atoms with van der Waals surface area (Å²) in [6.07, 6.45) is 2.21. The van der Waals surface area contributed by atoms with Crippen LogP contribution in [0, 0.1) is 11.7 Å². The molecule has 0 bridgehead atoms. The van der Waals surface area contributed by atoms with Gasteiger partial charge in [0.15, 0.2) is 11.0 Å². The van der Waals surface area contributed by atoms with Crippen LogP contribution in [0.2, 0.25) is 5.15 Å². The van der Waals surface area contributed by atoms with Crippen molar-refractivity contribution in [2.75, 3.05) is 13.1 Å². The standard InChI is InChI=1S/C14H16ClFN4/c1-8-6-17-5-4-10(8)12-13(15)20-14(19-12)11-3-2-9(16)7-18-11/h2-3,7-8,10,17H,4-6H2,1H3,(H,19,20)/t8-,10+/m1/s1. The number of halogens is 2. The van der Waals surface area contributed by atoms with Gasteiger partial charge in [0.1, 0.15) is 11.5 Å². The van der Waals surface area contributed by atoms with E-state index in [1.807, 2.05) is 0 Å². The number of hydrogen-bond acceptors (Lipinski definition) is 3. The van der Waals surface area contributed by atoms with Gasteiger partial charge in [0.2, 0.25) is 0 Å². The molecule has 106 valence electrons. The van der Waals surface area contributed by atoms with E-state index in [0.29, 0.717) is 28.5 Å². The summed E-state index contributed by atoms with van der Waals surface area (Å²) < 4.78 is 12.9. The van der Waals surface area contributed by atoms with Gasteiger partial charge in [0.05, 0.1) is 11.9 Å². The summed E-state index contributed by atoms with van der Waals surface area (Å²) in [4.78, 5) is 11.6. The Labute approximate surface area is 121 Å². The number of nitrogens with zero attached hydrogens (tertiary/aromatic N) is 2.